The van der Waals surface area contributed by atoms with E-state index < -0.39 is 5.60 Å². The van der Waals surface area contributed by atoms with Crippen LogP contribution in [-0.4, -0.2) is 14.2 Å². The molecule has 1 atom stereocenters. The molecule has 0 aliphatic heterocycles. The van der Waals surface area contributed by atoms with Crippen LogP contribution in [0.3, 0.4) is 0 Å². The number of methoxy groups -OCH3 is 2. The zero-order chi connectivity index (χ0) is 20.4. The van der Waals surface area contributed by atoms with Crippen molar-refractivity contribution in [1.82, 2.24) is 0 Å². The molecule has 0 aromatic heterocycles. The molecule has 144 valence electrons. The monoisotopic (exact) mass is 401 g/mol. The van der Waals surface area contributed by atoms with E-state index in [9.17, 15) is 0 Å². The second kappa shape index (κ2) is 7.75. The lowest BCUT2D eigenvalue weighted by molar-refractivity contribution is -0.0222. The molecule has 4 rings (SSSR count). The zero-order valence-corrected chi connectivity index (χ0v) is 17.0. The SMILES string of the molecule is COC1=CC=C(/C=C\C#N)CC1(OC)c1c2ccccc2c(Cl)c2ccccc12. The van der Waals surface area contributed by atoms with Crippen molar-refractivity contribution in [2.45, 2.75) is 12.0 Å². The summed E-state index contributed by atoms with van der Waals surface area (Å²) in [5.74, 6) is 0.715. The highest BCUT2D eigenvalue weighted by Gasteiger charge is 2.42. The normalized spacial score (nSPS) is 19.2. The average Bonchev–Trinajstić information content (AvgIpc) is 2.78. The van der Waals surface area contributed by atoms with Gasteiger partial charge in [-0.1, -0.05) is 66.2 Å². The van der Waals surface area contributed by atoms with E-state index in [0.29, 0.717) is 12.2 Å². The van der Waals surface area contributed by atoms with E-state index in [1.54, 1.807) is 14.2 Å². The summed E-state index contributed by atoms with van der Waals surface area (Å²) in [6.07, 6.45) is 7.72. The third-order valence-corrected chi connectivity index (χ3v) is 5.92. The lowest BCUT2D eigenvalue weighted by Gasteiger charge is -2.38. The van der Waals surface area contributed by atoms with Crippen LogP contribution in [0.1, 0.15) is 12.0 Å². The molecule has 3 aromatic carbocycles. The summed E-state index contributed by atoms with van der Waals surface area (Å²) >= 11 is 6.80. The number of hydrogen-bond donors (Lipinski definition) is 0. The van der Waals surface area contributed by atoms with Gasteiger partial charge in [-0.3, -0.25) is 0 Å². The van der Waals surface area contributed by atoms with Crippen molar-refractivity contribution in [3.05, 3.63) is 94.8 Å². The topological polar surface area (TPSA) is 42.2 Å². The lowest BCUT2D eigenvalue weighted by Crippen LogP contribution is -2.34. The van der Waals surface area contributed by atoms with Gasteiger partial charge in [0.2, 0.25) is 0 Å². The van der Waals surface area contributed by atoms with Gasteiger partial charge in [-0.05, 0) is 28.5 Å². The van der Waals surface area contributed by atoms with E-state index >= 15 is 0 Å². The number of benzene rings is 3. The summed E-state index contributed by atoms with van der Waals surface area (Å²) in [4.78, 5) is 0. The molecule has 0 N–H and O–H groups in total. The predicted molar refractivity (Wildman–Crippen MR) is 118 cm³/mol. The van der Waals surface area contributed by atoms with E-state index in [2.05, 4.69) is 18.2 Å². The maximum atomic E-state index is 8.96. The maximum absolute atomic E-state index is 8.96. The van der Waals surface area contributed by atoms with E-state index in [1.165, 1.54) is 6.08 Å². The predicted octanol–water partition coefficient (Wildman–Crippen LogP) is 6.43. The first-order chi connectivity index (χ1) is 14.2. The van der Waals surface area contributed by atoms with E-state index in [0.717, 1.165) is 37.7 Å². The quantitative estimate of drug-likeness (QED) is 0.373. The fourth-order valence-electron chi connectivity index (χ4n) is 4.24. The van der Waals surface area contributed by atoms with Gasteiger partial charge in [0, 0.05) is 35.9 Å². The molecule has 3 aromatic rings. The number of halogens is 1. The van der Waals surface area contributed by atoms with Gasteiger partial charge in [0.05, 0.1) is 18.2 Å². The van der Waals surface area contributed by atoms with Crippen molar-refractivity contribution in [2.24, 2.45) is 0 Å². The van der Waals surface area contributed by atoms with Crippen LogP contribution in [0.25, 0.3) is 21.5 Å². The van der Waals surface area contributed by atoms with Gasteiger partial charge in [-0.2, -0.15) is 5.26 Å². The average molecular weight is 402 g/mol. The summed E-state index contributed by atoms with van der Waals surface area (Å²) in [6.45, 7) is 0. The minimum Gasteiger partial charge on any atom is -0.498 e. The van der Waals surface area contributed by atoms with E-state index in [1.807, 2.05) is 54.6 Å². The van der Waals surface area contributed by atoms with Crippen LogP contribution in [-0.2, 0) is 15.1 Å². The van der Waals surface area contributed by atoms with Crippen LogP contribution in [0.5, 0.6) is 0 Å². The van der Waals surface area contributed by atoms with Gasteiger partial charge < -0.3 is 9.47 Å². The fourth-order valence-corrected chi connectivity index (χ4v) is 4.57. The van der Waals surface area contributed by atoms with Crippen molar-refractivity contribution in [3.8, 4) is 6.07 Å². The molecule has 0 spiro atoms. The van der Waals surface area contributed by atoms with Crippen molar-refractivity contribution >= 4 is 33.1 Å². The number of nitrogens with zero attached hydrogens (tertiary/aromatic N) is 1. The Balaban J connectivity index is 2.12. The Morgan fingerprint density at radius 1 is 0.966 bits per heavy atom. The van der Waals surface area contributed by atoms with Gasteiger partial charge >= 0.3 is 0 Å². The molecule has 4 heteroatoms. The van der Waals surface area contributed by atoms with Crippen LogP contribution in [0.15, 0.2) is 84.2 Å². The molecular weight excluding hydrogens is 382 g/mol. The van der Waals surface area contributed by atoms with Crippen molar-refractivity contribution < 1.29 is 9.47 Å². The Bertz CT molecular complexity index is 1180. The fraction of sp³-hybridized carbons (Fsp3) is 0.160. The van der Waals surface area contributed by atoms with Gasteiger partial charge in [-0.15, -0.1) is 0 Å². The summed E-state index contributed by atoms with van der Waals surface area (Å²) < 4.78 is 12.0. The molecule has 0 heterocycles. The zero-order valence-electron chi connectivity index (χ0n) is 16.3. The molecule has 0 radical (unpaired) electrons. The van der Waals surface area contributed by atoms with Crippen LogP contribution >= 0.6 is 11.6 Å². The van der Waals surface area contributed by atoms with Gasteiger partial charge in [0.25, 0.3) is 0 Å². The Morgan fingerprint density at radius 2 is 1.55 bits per heavy atom. The molecular formula is C25H20ClNO2. The second-order valence-electron chi connectivity index (χ2n) is 6.93. The standard InChI is InChI=1S/C25H20ClNO2/c1-28-22-14-13-17(8-7-15-27)16-25(22,29-2)23-18-9-3-5-11-20(18)24(26)21-12-6-4-10-19(21)23/h3-14H,16H2,1-2H3/b8-7-. The van der Waals surface area contributed by atoms with Crippen LogP contribution < -0.4 is 0 Å². The molecule has 29 heavy (non-hydrogen) atoms. The number of nitriles is 1. The molecule has 0 fully saturated rings. The van der Waals surface area contributed by atoms with E-state index in [-0.39, 0.29) is 0 Å². The molecule has 3 nitrogen and oxygen atoms in total. The van der Waals surface area contributed by atoms with Crippen molar-refractivity contribution in [3.63, 3.8) is 0 Å². The highest BCUT2D eigenvalue weighted by Crippen LogP contribution is 2.49. The highest BCUT2D eigenvalue weighted by atomic mass is 35.5. The first kappa shape index (κ1) is 19.3. The van der Waals surface area contributed by atoms with Gasteiger partial charge in [0.15, 0.2) is 5.60 Å². The maximum Gasteiger partial charge on any atom is 0.155 e. The third-order valence-electron chi connectivity index (χ3n) is 5.51. The van der Waals surface area contributed by atoms with E-state index in [4.69, 9.17) is 26.3 Å². The first-order valence-electron chi connectivity index (χ1n) is 9.32. The number of allylic oxidation sites excluding steroid dienone is 4. The summed E-state index contributed by atoms with van der Waals surface area (Å²) in [7, 11) is 3.35. The smallest absolute Gasteiger partial charge is 0.155 e. The third kappa shape index (κ3) is 3.02. The van der Waals surface area contributed by atoms with Crippen LogP contribution in [0, 0.1) is 11.3 Å². The number of hydrogen-bond acceptors (Lipinski definition) is 3. The Morgan fingerprint density at radius 3 is 2.07 bits per heavy atom. The summed E-state index contributed by atoms with van der Waals surface area (Å²) in [6, 6.07) is 18.2. The molecule has 1 aliphatic rings. The van der Waals surface area contributed by atoms with Crippen LogP contribution in [0.2, 0.25) is 5.02 Å². The Labute approximate surface area is 175 Å². The minimum absolute atomic E-state index is 0.539. The van der Waals surface area contributed by atoms with Crippen molar-refractivity contribution in [1.29, 1.82) is 5.26 Å². The van der Waals surface area contributed by atoms with Crippen LogP contribution in [0.4, 0.5) is 0 Å². The molecule has 0 saturated carbocycles. The molecule has 1 unspecified atom stereocenters. The number of rotatable bonds is 4. The number of ether oxygens (including phenoxy) is 2. The Hall–Kier alpha value is -3.06. The summed E-state index contributed by atoms with van der Waals surface area (Å²) in [5, 5.41) is 13.7. The number of fused-ring (bicyclic) bond motifs is 2. The summed E-state index contributed by atoms with van der Waals surface area (Å²) in [5.41, 5.74) is 1.15. The largest absolute Gasteiger partial charge is 0.498 e. The van der Waals surface area contributed by atoms with Gasteiger partial charge in [-0.25, -0.2) is 0 Å². The van der Waals surface area contributed by atoms with Gasteiger partial charge in [0.1, 0.15) is 5.76 Å². The molecule has 1 aliphatic carbocycles. The second-order valence-corrected chi connectivity index (χ2v) is 7.31. The highest BCUT2D eigenvalue weighted by molar-refractivity contribution is 6.41. The molecule has 0 amide bonds. The molecule has 0 bridgehead atoms. The van der Waals surface area contributed by atoms with Crippen molar-refractivity contribution in [2.75, 3.05) is 14.2 Å². The molecule has 0 saturated heterocycles. The Kier molecular flexibility index (Phi) is 5.15. The first-order valence-corrected chi connectivity index (χ1v) is 9.70. The lowest BCUT2D eigenvalue weighted by atomic mass is 9.77. The minimum atomic E-state index is -0.845.